The van der Waals surface area contributed by atoms with Crippen molar-refractivity contribution in [1.82, 2.24) is 19.6 Å². The van der Waals surface area contributed by atoms with Gasteiger partial charge in [0.25, 0.3) is 5.56 Å². The van der Waals surface area contributed by atoms with Gasteiger partial charge in [0, 0.05) is 23.2 Å². The third kappa shape index (κ3) is 2.64. The lowest BCUT2D eigenvalue weighted by Gasteiger charge is -2.06. The zero-order valence-corrected chi connectivity index (χ0v) is 12.8. The van der Waals surface area contributed by atoms with Crippen LogP contribution in [0.25, 0.3) is 4.96 Å². The highest BCUT2D eigenvalue weighted by Gasteiger charge is 2.08. The Morgan fingerprint density at radius 3 is 2.81 bits per heavy atom. The van der Waals surface area contributed by atoms with E-state index in [1.165, 1.54) is 17.4 Å². The number of hydrogen-bond donors (Lipinski definition) is 0. The molecule has 0 aliphatic carbocycles. The number of nitrogens with zero attached hydrogens (tertiary/aromatic N) is 4. The molecule has 3 aromatic rings. The Bertz CT molecular complexity index is 869. The molecule has 0 aliphatic heterocycles. The number of fused-ring (bicyclic) bond motifs is 1. The second-order valence-corrected chi connectivity index (χ2v) is 5.66. The molecule has 0 atom stereocenters. The van der Waals surface area contributed by atoms with Crippen molar-refractivity contribution in [3.05, 3.63) is 50.5 Å². The smallest absolute Gasteiger partial charge is 0.259 e. The fourth-order valence-electron chi connectivity index (χ4n) is 1.91. The minimum atomic E-state index is -0.0940. The van der Waals surface area contributed by atoms with E-state index in [0.717, 1.165) is 17.0 Å². The largest absolute Gasteiger partial charge is 0.470 e. The monoisotopic (exact) mass is 302 g/mol. The van der Waals surface area contributed by atoms with Crippen LogP contribution in [-0.4, -0.2) is 19.6 Å². The molecule has 3 rings (SSSR count). The van der Waals surface area contributed by atoms with Crippen LogP contribution in [-0.2, 0) is 6.61 Å². The zero-order chi connectivity index (χ0) is 15.0. The average Bonchev–Trinajstić information content (AvgIpc) is 2.82. The summed E-state index contributed by atoms with van der Waals surface area (Å²) in [6, 6.07) is 3.31. The van der Waals surface area contributed by atoms with Crippen molar-refractivity contribution in [2.24, 2.45) is 0 Å². The van der Waals surface area contributed by atoms with Crippen molar-refractivity contribution in [3.8, 4) is 5.88 Å². The summed E-state index contributed by atoms with van der Waals surface area (Å²) in [5, 5.41) is 9.87. The lowest BCUT2D eigenvalue weighted by atomic mass is 10.2. The van der Waals surface area contributed by atoms with Crippen LogP contribution in [0.4, 0.5) is 0 Å². The number of ether oxygens (including phenoxy) is 1. The Kier molecular flexibility index (Phi) is 3.42. The number of aromatic nitrogens is 4. The van der Waals surface area contributed by atoms with Gasteiger partial charge in [0.1, 0.15) is 6.61 Å². The molecule has 0 saturated carbocycles. The maximum absolute atomic E-state index is 12.0. The molecule has 6 nitrogen and oxygen atoms in total. The Hall–Kier alpha value is -2.28. The Labute approximate surface area is 125 Å². The maximum atomic E-state index is 12.0. The fraction of sp³-hybridized carbons (Fsp3) is 0.286. The lowest BCUT2D eigenvalue weighted by Crippen LogP contribution is -2.16. The zero-order valence-electron chi connectivity index (χ0n) is 12.0. The molecule has 0 radical (unpaired) electrons. The first kappa shape index (κ1) is 13.7. The highest BCUT2D eigenvalue weighted by Crippen LogP contribution is 2.14. The summed E-state index contributed by atoms with van der Waals surface area (Å²) in [5.74, 6) is 0.433. The molecule has 21 heavy (non-hydrogen) atoms. The first-order valence-electron chi connectivity index (χ1n) is 6.45. The van der Waals surface area contributed by atoms with E-state index in [-0.39, 0.29) is 12.2 Å². The first-order valence-corrected chi connectivity index (χ1v) is 7.33. The highest BCUT2D eigenvalue weighted by molar-refractivity contribution is 7.15. The van der Waals surface area contributed by atoms with Gasteiger partial charge in [-0.2, -0.15) is 5.10 Å². The van der Waals surface area contributed by atoms with Gasteiger partial charge >= 0.3 is 0 Å². The third-order valence-corrected chi connectivity index (χ3v) is 4.15. The molecule has 0 spiro atoms. The van der Waals surface area contributed by atoms with Crippen LogP contribution in [0.5, 0.6) is 5.88 Å². The predicted octanol–water partition coefficient (Wildman–Crippen LogP) is 2.05. The lowest BCUT2D eigenvalue weighted by molar-refractivity contribution is 0.285. The van der Waals surface area contributed by atoms with E-state index >= 15 is 0 Å². The van der Waals surface area contributed by atoms with Crippen molar-refractivity contribution in [1.29, 1.82) is 0 Å². The van der Waals surface area contributed by atoms with Gasteiger partial charge < -0.3 is 4.74 Å². The van der Waals surface area contributed by atoms with E-state index in [1.54, 1.807) is 4.40 Å². The molecule has 3 aromatic heterocycles. The highest BCUT2D eigenvalue weighted by atomic mass is 32.1. The molecular weight excluding hydrogens is 288 g/mol. The van der Waals surface area contributed by atoms with Crippen molar-refractivity contribution in [2.45, 2.75) is 27.4 Å². The number of thiazole rings is 1. The van der Waals surface area contributed by atoms with Gasteiger partial charge in [-0.1, -0.05) is 0 Å². The van der Waals surface area contributed by atoms with E-state index in [1.807, 2.05) is 32.2 Å². The van der Waals surface area contributed by atoms with Crippen molar-refractivity contribution < 1.29 is 4.74 Å². The average molecular weight is 302 g/mol. The van der Waals surface area contributed by atoms with Crippen molar-refractivity contribution in [2.75, 3.05) is 0 Å². The Balaban J connectivity index is 1.85. The Morgan fingerprint density at radius 2 is 2.05 bits per heavy atom. The fourth-order valence-corrected chi connectivity index (χ4v) is 2.81. The van der Waals surface area contributed by atoms with Crippen molar-refractivity contribution >= 4 is 16.3 Å². The van der Waals surface area contributed by atoms with Crippen LogP contribution in [0, 0.1) is 20.8 Å². The van der Waals surface area contributed by atoms with Crippen LogP contribution >= 0.6 is 11.3 Å². The van der Waals surface area contributed by atoms with Gasteiger partial charge in [-0.05, 0) is 26.3 Å². The summed E-state index contributed by atoms with van der Waals surface area (Å²) in [4.78, 5) is 17.1. The normalized spacial score (nSPS) is 11.0. The quantitative estimate of drug-likeness (QED) is 0.740. The van der Waals surface area contributed by atoms with Crippen molar-refractivity contribution in [3.63, 3.8) is 0 Å². The minimum absolute atomic E-state index is 0.0940. The van der Waals surface area contributed by atoms with Gasteiger partial charge in [0.2, 0.25) is 5.88 Å². The minimum Gasteiger partial charge on any atom is -0.470 e. The molecule has 0 aromatic carbocycles. The van der Waals surface area contributed by atoms with Gasteiger partial charge in [-0.3, -0.25) is 9.20 Å². The van der Waals surface area contributed by atoms with E-state index in [2.05, 4.69) is 15.2 Å². The summed E-state index contributed by atoms with van der Waals surface area (Å²) >= 11 is 1.44. The predicted molar refractivity (Wildman–Crippen MR) is 79.9 cm³/mol. The number of hydrogen-bond acceptors (Lipinski definition) is 6. The number of rotatable bonds is 3. The molecule has 0 saturated heterocycles. The third-order valence-electron chi connectivity index (χ3n) is 3.21. The topological polar surface area (TPSA) is 69.4 Å². The van der Waals surface area contributed by atoms with Gasteiger partial charge in [0.05, 0.1) is 11.4 Å². The molecule has 108 valence electrons. The van der Waals surface area contributed by atoms with Crippen LogP contribution in [0.2, 0.25) is 0 Å². The second-order valence-electron chi connectivity index (χ2n) is 4.82. The Morgan fingerprint density at radius 1 is 1.24 bits per heavy atom. The SMILES string of the molecule is Cc1cc(OCc2cc(=O)n3c(C)csc3n2)nnc1C. The van der Waals surface area contributed by atoms with Crippen LogP contribution in [0.15, 0.2) is 22.3 Å². The summed E-state index contributed by atoms with van der Waals surface area (Å²) < 4.78 is 7.15. The van der Waals surface area contributed by atoms with E-state index in [9.17, 15) is 4.79 Å². The molecule has 0 N–H and O–H groups in total. The van der Waals surface area contributed by atoms with Crippen LogP contribution < -0.4 is 10.3 Å². The molecule has 0 fully saturated rings. The molecule has 0 aliphatic rings. The van der Waals surface area contributed by atoms with E-state index < -0.39 is 0 Å². The first-order chi connectivity index (χ1) is 10.0. The molecule has 3 heterocycles. The van der Waals surface area contributed by atoms with Crippen LogP contribution in [0.3, 0.4) is 0 Å². The maximum Gasteiger partial charge on any atom is 0.259 e. The van der Waals surface area contributed by atoms with Gasteiger partial charge in [-0.25, -0.2) is 4.98 Å². The molecule has 0 amide bonds. The summed E-state index contributed by atoms with van der Waals surface area (Å²) in [6.45, 7) is 5.91. The van der Waals surface area contributed by atoms with E-state index in [0.29, 0.717) is 16.5 Å². The molecular formula is C14H14N4O2S. The molecule has 0 bridgehead atoms. The summed E-state index contributed by atoms with van der Waals surface area (Å²) in [7, 11) is 0. The van der Waals surface area contributed by atoms with Crippen LogP contribution in [0.1, 0.15) is 22.6 Å². The second kappa shape index (κ2) is 5.25. The van der Waals surface area contributed by atoms with Gasteiger partial charge in [0.15, 0.2) is 4.96 Å². The standard InChI is InChI=1S/C14H14N4O2S/c1-8-4-12(17-16-10(8)3)20-6-11-5-13(19)18-9(2)7-21-14(18)15-11/h4-5,7H,6H2,1-3H3. The number of aryl methyl sites for hydroxylation is 3. The molecule has 7 heteroatoms. The van der Waals surface area contributed by atoms with E-state index in [4.69, 9.17) is 4.74 Å². The molecule has 0 unspecified atom stereocenters. The summed E-state index contributed by atoms with van der Waals surface area (Å²) in [6.07, 6.45) is 0. The summed E-state index contributed by atoms with van der Waals surface area (Å²) in [5.41, 5.74) is 3.26. The van der Waals surface area contributed by atoms with Gasteiger partial charge in [-0.15, -0.1) is 16.4 Å².